The quantitative estimate of drug-likeness (QED) is 0.527. The van der Waals surface area contributed by atoms with Gasteiger partial charge in [-0.25, -0.2) is 0 Å². The van der Waals surface area contributed by atoms with Crippen molar-refractivity contribution in [3.63, 3.8) is 0 Å². The lowest BCUT2D eigenvalue weighted by atomic mass is 9.95. The number of rotatable bonds is 6. The van der Waals surface area contributed by atoms with E-state index in [0.29, 0.717) is 6.54 Å². The predicted molar refractivity (Wildman–Crippen MR) is 71.0 cm³/mol. The molecule has 1 aromatic carbocycles. The van der Waals surface area contributed by atoms with Crippen molar-refractivity contribution in [3.05, 3.63) is 33.9 Å². The summed E-state index contributed by atoms with van der Waals surface area (Å²) in [7, 11) is 0. The highest BCUT2D eigenvalue weighted by Gasteiger charge is 2.20. The molecular weight excluding hydrogens is 250 g/mol. The number of hydrogen-bond acceptors (Lipinski definition) is 5. The number of nitro groups is 1. The van der Waals surface area contributed by atoms with Crippen LogP contribution in [0.3, 0.4) is 0 Å². The minimum atomic E-state index is -0.653. The Hall–Kier alpha value is -2.15. The van der Waals surface area contributed by atoms with Crippen LogP contribution in [0.25, 0.3) is 0 Å². The van der Waals surface area contributed by atoms with E-state index < -0.39 is 16.2 Å². The lowest BCUT2D eigenvalue weighted by Gasteiger charge is -2.22. The topological polar surface area (TPSA) is 118 Å². The minimum absolute atomic E-state index is 0.0662. The molecule has 0 spiro atoms. The molecule has 4 N–H and O–H groups in total. The fourth-order valence-electron chi connectivity index (χ4n) is 1.38. The van der Waals surface area contributed by atoms with Gasteiger partial charge in [0.25, 0.3) is 5.69 Å². The van der Waals surface area contributed by atoms with Gasteiger partial charge in [-0.1, -0.05) is 13.8 Å². The summed E-state index contributed by atoms with van der Waals surface area (Å²) in [6.45, 7) is 3.88. The maximum absolute atomic E-state index is 11.1. The molecule has 19 heavy (non-hydrogen) atoms. The number of nitrogens with one attached hydrogen (secondary N) is 1. The van der Waals surface area contributed by atoms with E-state index in [2.05, 4.69) is 5.32 Å². The van der Waals surface area contributed by atoms with Crippen LogP contribution in [0.5, 0.6) is 0 Å². The molecule has 0 radical (unpaired) electrons. The molecule has 0 saturated heterocycles. The van der Waals surface area contributed by atoms with Crippen LogP contribution in [-0.4, -0.2) is 29.1 Å². The second-order valence-corrected chi connectivity index (χ2v) is 5.03. The molecule has 0 atom stereocenters. The van der Waals surface area contributed by atoms with Gasteiger partial charge in [-0.3, -0.25) is 14.9 Å². The van der Waals surface area contributed by atoms with E-state index in [-0.39, 0.29) is 23.5 Å². The predicted octanol–water partition coefficient (Wildman–Crippen LogP) is 1.12. The van der Waals surface area contributed by atoms with Crippen molar-refractivity contribution in [3.8, 4) is 0 Å². The molecule has 0 aromatic heterocycles. The Kier molecular flexibility index (Phi) is 4.44. The number of nitrogens with two attached hydrogens (primary N) is 1. The average molecular weight is 267 g/mol. The summed E-state index contributed by atoms with van der Waals surface area (Å²) in [4.78, 5) is 21.4. The molecule has 7 heteroatoms. The fourth-order valence-corrected chi connectivity index (χ4v) is 1.38. The van der Waals surface area contributed by atoms with Gasteiger partial charge in [0.2, 0.25) is 5.91 Å². The zero-order valence-electron chi connectivity index (χ0n) is 10.8. The van der Waals surface area contributed by atoms with Gasteiger partial charge in [-0.15, -0.1) is 0 Å². The summed E-state index contributed by atoms with van der Waals surface area (Å²) in [6, 6.07) is 3.88. The molecule has 1 amide bonds. The second-order valence-electron chi connectivity index (χ2n) is 5.03. The Morgan fingerprint density at radius 3 is 2.63 bits per heavy atom. The van der Waals surface area contributed by atoms with Gasteiger partial charge in [-0.05, 0) is 12.1 Å². The molecule has 0 heterocycles. The fraction of sp³-hybridized carbons (Fsp3) is 0.417. The number of hydrogen-bond donors (Lipinski definition) is 3. The first-order valence-corrected chi connectivity index (χ1v) is 5.70. The van der Waals surface area contributed by atoms with E-state index in [1.165, 1.54) is 18.2 Å². The van der Waals surface area contributed by atoms with Gasteiger partial charge in [0, 0.05) is 30.2 Å². The number of amides is 1. The highest BCUT2D eigenvalue weighted by molar-refractivity contribution is 5.94. The summed E-state index contributed by atoms with van der Waals surface area (Å²) in [5.41, 5.74) is 4.97. The summed E-state index contributed by atoms with van der Waals surface area (Å²) < 4.78 is 0. The average Bonchev–Trinajstić information content (AvgIpc) is 2.35. The van der Waals surface area contributed by atoms with Crippen LogP contribution < -0.4 is 11.1 Å². The normalized spacial score (nSPS) is 11.1. The highest BCUT2D eigenvalue weighted by Crippen LogP contribution is 2.27. The monoisotopic (exact) mass is 267 g/mol. The Morgan fingerprint density at radius 2 is 2.16 bits per heavy atom. The lowest BCUT2D eigenvalue weighted by Crippen LogP contribution is -2.27. The third-order valence-corrected chi connectivity index (χ3v) is 2.66. The first-order chi connectivity index (χ1) is 8.76. The zero-order chi connectivity index (χ0) is 14.6. The van der Waals surface area contributed by atoms with Crippen LogP contribution in [0, 0.1) is 15.5 Å². The van der Waals surface area contributed by atoms with Crippen LogP contribution in [0.15, 0.2) is 18.2 Å². The molecule has 1 aromatic rings. The Bertz CT molecular complexity index is 500. The summed E-state index contributed by atoms with van der Waals surface area (Å²) in [5, 5.41) is 22.9. The third kappa shape index (κ3) is 3.92. The maximum Gasteiger partial charge on any atom is 0.292 e. The zero-order valence-corrected chi connectivity index (χ0v) is 10.8. The number of anilines is 1. The maximum atomic E-state index is 11.1. The number of benzene rings is 1. The van der Waals surface area contributed by atoms with Gasteiger partial charge in [0.15, 0.2) is 0 Å². The van der Waals surface area contributed by atoms with Crippen molar-refractivity contribution >= 4 is 17.3 Å². The molecular formula is C12H17N3O4. The lowest BCUT2D eigenvalue weighted by molar-refractivity contribution is -0.384. The number of carbonyl (C=O) groups is 1. The van der Waals surface area contributed by atoms with Crippen LogP contribution in [0.4, 0.5) is 11.4 Å². The minimum Gasteiger partial charge on any atom is -0.396 e. The SMILES string of the molecule is CC(C)(CO)CNc1cc(C(N)=O)ccc1[N+](=O)[O-]. The van der Waals surface area contributed by atoms with Gasteiger partial charge >= 0.3 is 0 Å². The van der Waals surface area contributed by atoms with Crippen LogP contribution in [-0.2, 0) is 0 Å². The molecule has 0 aliphatic rings. The van der Waals surface area contributed by atoms with E-state index in [1.54, 1.807) is 0 Å². The summed E-state index contributed by atoms with van der Waals surface area (Å²) in [5.74, 6) is -0.653. The van der Waals surface area contributed by atoms with Crippen molar-refractivity contribution in [2.45, 2.75) is 13.8 Å². The molecule has 0 saturated carbocycles. The van der Waals surface area contributed by atoms with Crippen LogP contribution in [0.2, 0.25) is 0 Å². The van der Waals surface area contributed by atoms with Crippen molar-refractivity contribution in [1.82, 2.24) is 0 Å². The van der Waals surface area contributed by atoms with E-state index in [9.17, 15) is 14.9 Å². The number of nitro benzene ring substituents is 1. The van der Waals surface area contributed by atoms with Crippen molar-refractivity contribution < 1.29 is 14.8 Å². The van der Waals surface area contributed by atoms with E-state index >= 15 is 0 Å². The number of nitrogens with zero attached hydrogens (tertiary/aromatic N) is 1. The van der Waals surface area contributed by atoms with E-state index in [0.717, 1.165) is 0 Å². The number of carbonyl (C=O) groups excluding carboxylic acids is 1. The van der Waals surface area contributed by atoms with Gasteiger partial charge < -0.3 is 16.2 Å². The van der Waals surface area contributed by atoms with Gasteiger partial charge in [0.1, 0.15) is 5.69 Å². The Labute approximate surface area is 110 Å². The summed E-state index contributed by atoms with van der Waals surface area (Å²) >= 11 is 0. The Balaban J connectivity index is 3.04. The molecule has 0 unspecified atom stereocenters. The molecule has 1 rings (SSSR count). The van der Waals surface area contributed by atoms with Gasteiger partial charge in [-0.2, -0.15) is 0 Å². The molecule has 104 valence electrons. The Morgan fingerprint density at radius 1 is 1.53 bits per heavy atom. The van der Waals surface area contributed by atoms with Gasteiger partial charge in [0.05, 0.1) is 4.92 Å². The first kappa shape index (κ1) is 14.9. The molecule has 0 aliphatic heterocycles. The van der Waals surface area contributed by atoms with Crippen molar-refractivity contribution in [2.24, 2.45) is 11.1 Å². The first-order valence-electron chi connectivity index (χ1n) is 5.70. The molecule has 0 bridgehead atoms. The third-order valence-electron chi connectivity index (χ3n) is 2.66. The van der Waals surface area contributed by atoms with Crippen LogP contribution >= 0.6 is 0 Å². The largest absolute Gasteiger partial charge is 0.396 e. The smallest absolute Gasteiger partial charge is 0.292 e. The summed E-state index contributed by atoms with van der Waals surface area (Å²) in [6.07, 6.45) is 0. The van der Waals surface area contributed by atoms with E-state index in [4.69, 9.17) is 10.8 Å². The molecule has 7 nitrogen and oxygen atoms in total. The molecule has 0 aliphatic carbocycles. The number of primary amides is 1. The number of aliphatic hydroxyl groups excluding tert-OH is 1. The highest BCUT2D eigenvalue weighted by atomic mass is 16.6. The molecule has 0 fully saturated rings. The number of aliphatic hydroxyl groups is 1. The van der Waals surface area contributed by atoms with Crippen LogP contribution in [0.1, 0.15) is 24.2 Å². The van der Waals surface area contributed by atoms with Crippen molar-refractivity contribution in [2.75, 3.05) is 18.5 Å². The standard InChI is InChI=1S/C12H17N3O4/c1-12(2,7-16)6-14-9-5-8(11(13)17)3-4-10(9)15(18)19/h3-5,14,16H,6-7H2,1-2H3,(H2,13,17). The van der Waals surface area contributed by atoms with Crippen molar-refractivity contribution in [1.29, 1.82) is 0 Å². The second kappa shape index (κ2) is 5.66. The van der Waals surface area contributed by atoms with E-state index in [1.807, 2.05) is 13.8 Å².